The number of hydrogen-bond donors (Lipinski definition) is 2. The average molecular weight is 456 g/mol. The number of hydrogen-bond acceptors (Lipinski definition) is 5. The molecule has 168 valence electrons. The quantitative estimate of drug-likeness (QED) is 0.615. The number of aromatic nitrogens is 2. The number of nitrogens with one attached hydrogen (secondary N) is 2. The molecule has 0 unspecified atom stereocenters. The lowest BCUT2D eigenvalue weighted by atomic mass is 10.1. The van der Waals surface area contributed by atoms with Crippen LogP contribution >= 0.6 is 0 Å². The van der Waals surface area contributed by atoms with Gasteiger partial charge < -0.3 is 5.32 Å². The van der Waals surface area contributed by atoms with E-state index in [-0.39, 0.29) is 17.8 Å². The third-order valence-corrected chi connectivity index (χ3v) is 6.35. The molecule has 2 aromatic rings. The minimum Gasteiger partial charge on any atom is -0.352 e. The predicted octanol–water partition coefficient (Wildman–Crippen LogP) is 3.92. The fraction of sp³-hybridized carbons (Fsp3) is 0.350. The number of carbonyl (C=O) groups is 1. The van der Waals surface area contributed by atoms with Gasteiger partial charge in [-0.2, -0.15) is 13.2 Å². The largest absolute Gasteiger partial charge is 0.412 e. The Kier molecular flexibility index (Phi) is 7.10. The van der Waals surface area contributed by atoms with Crippen LogP contribution in [0.3, 0.4) is 0 Å². The maximum absolute atomic E-state index is 12.7. The van der Waals surface area contributed by atoms with E-state index in [0.29, 0.717) is 11.4 Å². The van der Waals surface area contributed by atoms with Crippen molar-refractivity contribution in [2.45, 2.75) is 38.1 Å². The topological polar surface area (TPSA) is 101 Å². The summed E-state index contributed by atoms with van der Waals surface area (Å²) in [7, 11) is -3.86. The van der Waals surface area contributed by atoms with Crippen molar-refractivity contribution in [3.05, 3.63) is 54.4 Å². The molecule has 0 saturated heterocycles. The van der Waals surface area contributed by atoms with Gasteiger partial charge in [-0.3, -0.25) is 9.52 Å². The highest BCUT2D eigenvalue weighted by molar-refractivity contribution is 7.94. The van der Waals surface area contributed by atoms with Gasteiger partial charge in [0.05, 0.1) is 16.0 Å². The summed E-state index contributed by atoms with van der Waals surface area (Å²) in [5.41, 5.74) is -0.630. The van der Waals surface area contributed by atoms with Gasteiger partial charge in [-0.05, 0) is 51.5 Å². The first kappa shape index (κ1) is 24.3. The number of halogens is 3. The van der Waals surface area contributed by atoms with Crippen LogP contribution in [0.15, 0.2) is 48.8 Å². The number of sulfonamides is 1. The van der Waals surface area contributed by atoms with Crippen LogP contribution in [0.1, 0.15) is 37.6 Å². The van der Waals surface area contributed by atoms with E-state index in [1.165, 1.54) is 51.4 Å². The normalized spacial score (nSPS) is 12.3. The van der Waals surface area contributed by atoms with Crippen LogP contribution in [0.5, 0.6) is 0 Å². The molecule has 1 heterocycles. The van der Waals surface area contributed by atoms with E-state index in [0.717, 1.165) is 0 Å². The second-order valence-electron chi connectivity index (χ2n) is 7.66. The Hall–Kier alpha value is -2.95. The second kappa shape index (κ2) is 9.04. The zero-order chi connectivity index (χ0) is 23.4. The Bertz CT molecular complexity index is 1060. The molecule has 1 aromatic carbocycles. The molecule has 0 radical (unpaired) electrons. The third kappa shape index (κ3) is 6.27. The van der Waals surface area contributed by atoms with Gasteiger partial charge in [0.15, 0.2) is 5.82 Å². The average Bonchev–Trinajstić information content (AvgIpc) is 2.67. The SMILES string of the molecule is C=C(CCNC(=O)c1cc(-c2ncccn2)ccc1NS(=O)(=O)C(C)(C)C)C(F)(F)F. The summed E-state index contributed by atoms with van der Waals surface area (Å²) in [5, 5.41) is 2.37. The van der Waals surface area contributed by atoms with Crippen molar-refractivity contribution in [2.75, 3.05) is 11.3 Å². The number of nitrogens with zero attached hydrogens (tertiary/aromatic N) is 2. The van der Waals surface area contributed by atoms with Crippen LogP contribution in [-0.2, 0) is 10.0 Å². The molecule has 7 nitrogen and oxygen atoms in total. The zero-order valence-corrected chi connectivity index (χ0v) is 18.1. The van der Waals surface area contributed by atoms with Gasteiger partial charge in [-0.25, -0.2) is 18.4 Å². The van der Waals surface area contributed by atoms with Crippen LogP contribution in [-0.4, -0.2) is 41.8 Å². The Morgan fingerprint density at radius 3 is 2.29 bits per heavy atom. The van der Waals surface area contributed by atoms with E-state index in [1.807, 2.05) is 0 Å². The Balaban J connectivity index is 2.36. The molecular formula is C20H23F3N4O3S. The van der Waals surface area contributed by atoms with Gasteiger partial charge in [0, 0.05) is 30.1 Å². The van der Waals surface area contributed by atoms with Gasteiger partial charge >= 0.3 is 6.18 Å². The number of carbonyl (C=O) groups excluding carboxylic acids is 1. The van der Waals surface area contributed by atoms with Crippen LogP contribution in [0.25, 0.3) is 11.4 Å². The Morgan fingerprint density at radius 2 is 1.74 bits per heavy atom. The van der Waals surface area contributed by atoms with Crippen molar-refractivity contribution >= 4 is 21.6 Å². The molecule has 31 heavy (non-hydrogen) atoms. The highest BCUT2D eigenvalue weighted by Gasteiger charge is 2.32. The summed E-state index contributed by atoms with van der Waals surface area (Å²) in [6.07, 6.45) is -2.05. The first-order chi connectivity index (χ1) is 14.2. The van der Waals surface area contributed by atoms with Crippen LogP contribution in [0.4, 0.5) is 18.9 Å². The molecule has 0 saturated carbocycles. The molecule has 0 atom stereocenters. The molecule has 2 N–H and O–H groups in total. The maximum atomic E-state index is 12.7. The fourth-order valence-electron chi connectivity index (χ4n) is 2.27. The molecule has 11 heteroatoms. The number of benzene rings is 1. The van der Waals surface area contributed by atoms with E-state index in [2.05, 4.69) is 26.6 Å². The lowest BCUT2D eigenvalue weighted by Gasteiger charge is -2.22. The number of alkyl halides is 3. The highest BCUT2D eigenvalue weighted by atomic mass is 32.2. The second-order valence-corrected chi connectivity index (χ2v) is 10.1. The summed E-state index contributed by atoms with van der Waals surface area (Å²) in [6.45, 7) is 7.10. The molecule has 0 aliphatic carbocycles. The van der Waals surface area contributed by atoms with E-state index in [9.17, 15) is 26.4 Å². The standard InChI is InChI=1S/C20H23F3N4O3S/c1-13(20(21,22)23)8-11-26-18(28)15-12-14(17-24-9-5-10-25-17)6-7-16(15)27-31(29,30)19(2,3)4/h5-7,9-10,12,27H,1,8,11H2,2-4H3,(H,26,28). The van der Waals surface area contributed by atoms with Crippen LogP contribution in [0.2, 0.25) is 0 Å². The number of amides is 1. The highest BCUT2D eigenvalue weighted by Crippen LogP contribution is 2.28. The predicted molar refractivity (Wildman–Crippen MR) is 112 cm³/mol. The summed E-state index contributed by atoms with van der Waals surface area (Å²) in [6, 6.07) is 5.91. The van der Waals surface area contributed by atoms with Crippen molar-refractivity contribution in [3.63, 3.8) is 0 Å². The molecule has 0 aliphatic heterocycles. The van der Waals surface area contributed by atoms with Gasteiger partial charge in [0.1, 0.15) is 0 Å². The van der Waals surface area contributed by atoms with Gasteiger partial charge in [-0.1, -0.05) is 6.58 Å². The number of rotatable bonds is 7. The van der Waals surface area contributed by atoms with Crippen molar-refractivity contribution < 1.29 is 26.4 Å². The molecule has 1 aromatic heterocycles. The van der Waals surface area contributed by atoms with Gasteiger partial charge in [0.25, 0.3) is 5.91 Å². The summed E-state index contributed by atoms with van der Waals surface area (Å²) < 4.78 is 64.1. The van der Waals surface area contributed by atoms with E-state index >= 15 is 0 Å². The van der Waals surface area contributed by atoms with Crippen molar-refractivity contribution in [1.29, 1.82) is 0 Å². The van der Waals surface area contributed by atoms with Crippen LogP contribution in [0, 0.1) is 0 Å². The maximum Gasteiger partial charge on any atom is 0.412 e. The summed E-state index contributed by atoms with van der Waals surface area (Å²) in [4.78, 5) is 20.9. The molecule has 0 bridgehead atoms. The molecule has 0 fully saturated rings. The first-order valence-corrected chi connectivity index (χ1v) is 10.7. The van der Waals surface area contributed by atoms with Crippen LogP contribution < -0.4 is 10.0 Å². The minimum atomic E-state index is -4.55. The molecular weight excluding hydrogens is 433 g/mol. The number of anilines is 1. The van der Waals surface area contributed by atoms with Crippen molar-refractivity contribution in [2.24, 2.45) is 0 Å². The first-order valence-electron chi connectivity index (χ1n) is 9.19. The van der Waals surface area contributed by atoms with E-state index in [1.54, 1.807) is 6.07 Å². The molecule has 0 spiro atoms. The molecule has 2 rings (SSSR count). The van der Waals surface area contributed by atoms with Gasteiger partial charge in [0.2, 0.25) is 10.0 Å². The van der Waals surface area contributed by atoms with Gasteiger partial charge in [-0.15, -0.1) is 0 Å². The minimum absolute atomic E-state index is 0.0123. The Labute approximate surface area is 178 Å². The summed E-state index contributed by atoms with van der Waals surface area (Å²) >= 11 is 0. The summed E-state index contributed by atoms with van der Waals surface area (Å²) in [5.74, 6) is -0.452. The van der Waals surface area contributed by atoms with Crippen molar-refractivity contribution in [3.8, 4) is 11.4 Å². The Morgan fingerprint density at radius 1 is 1.13 bits per heavy atom. The zero-order valence-electron chi connectivity index (χ0n) is 17.2. The smallest absolute Gasteiger partial charge is 0.352 e. The lowest BCUT2D eigenvalue weighted by Crippen LogP contribution is -2.35. The molecule has 1 amide bonds. The van der Waals surface area contributed by atoms with E-state index in [4.69, 9.17) is 0 Å². The van der Waals surface area contributed by atoms with Crippen molar-refractivity contribution in [1.82, 2.24) is 15.3 Å². The monoisotopic (exact) mass is 456 g/mol. The van der Waals surface area contributed by atoms with E-state index < -0.39 is 38.8 Å². The third-order valence-electron chi connectivity index (χ3n) is 4.25. The molecule has 0 aliphatic rings. The lowest BCUT2D eigenvalue weighted by molar-refractivity contribution is -0.0934. The fourth-order valence-corrected chi connectivity index (χ4v) is 3.04.